The van der Waals surface area contributed by atoms with Gasteiger partial charge in [-0.1, -0.05) is 36.4 Å². The quantitative estimate of drug-likeness (QED) is 0.551. The summed E-state index contributed by atoms with van der Waals surface area (Å²) in [7, 11) is 0. The van der Waals surface area contributed by atoms with E-state index in [2.05, 4.69) is 4.98 Å². The number of aromatic nitrogens is 1. The van der Waals surface area contributed by atoms with Crippen LogP contribution in [0.25, 0.3) is 10.9 Å². The summed E-state index contributed by atoms with van der Waals surface area (Å²) in [6.07, 6.45) is 0. The molecule has 3 aromatic rings. The third-order valence-electron chi connectivity index (χ3n) is 2.31. The van der Waals surface area contributed by atoms with Gasteiger partial charge in [-0.15, -0.1) is 0 Å². The number of phenolic OH excluding ortho intramolecular Hbond substituents is 1. The van der Waals surface area contributed by atoms with Crippen LogP contribution in [0.3, 0.4) is 0 Å². The summed E-state index contributed by atoms with van der Waals surface area (Å²) >= 11 is 0. The Hall–Kier alpha value is -2.42. The van der Waals surface area contributed by atoms with E-state index in [4.69, 9.17) is 10.8 Å². The summed E-state index contributed by atoms with van der Waals surface area (Å²) in [5.41, 5.74) is 6.63. The number of fused-ring (bicyclic) bond motifs is 1. The second kappa shape index (κ2) is 5.07. The molecule has 0 bridgehead atoms. The number of benzene rings is 2. The van der Waals surface area contributed by atoms with E-state index in [9.17, 15) is 0 Å². The number of anilines is 1. The van der Waals surface area contributed by atoms with E-state index < -0.39 is 0 Å². The fourth-order valence-corrected chi connectivity index (χ4v) is 1.52. The largest absolute Gasteiger partial charge is 0.508 e. The van der Waals surface area contributed by atoms with Crippen molar-refractivity contribution in [3.05, 3.63) is 60.7 Å². The smallest absolute Gasteiger partial charge is 0.115 e. The van der Waals surface area contributed by atoms with Crippen LogP contribution in [-0.2, 0) is 0 Å². The molecule has 0 aliphatic carbocycles. The number of nitrogens with two attached hydrogens (primary N) is 1. The van der Waals surface area contributed by atoms with Gasteiger partial charge in [-0.05, 0) is 24.3 Å². The van der Waals surface area contributed by atoms with E-state index in [1.165, 1.54) is 5.39 Å². The number of phenols is 1. The number of nitrogen functional groups attached to an aromatic ring is 1. The average Bonchev–Trinajstić information content (AvgIpc) is 2.71. The lowest BCUT2D eigenvalue weighted by atomic mass is 10.3. The highest BCUT2D eigenvalue weighted by Gasteiger charge is 1.92. The van der Waals surface area contributed by atoms with Crippen molar-refractivity contribution in [1.29, 1.82) is 0 Å². The minimum absolute atomic E-state index is 0.322. The van der Waals surface area contributed by atoms with Crippen LogP contribution in [0.2, 0.25) is 0 Å². The van der Waals surface area contributed by atoms with Gasteiger partial charge in [0.15, 0.2) is 0 Å². The molecule has 0 fully saturated rings. The van der Waals surface area contributed by atoms with Crippen molar-refractivity contribution >= 4 is 16.7 Å². The molecule has 0 unspecified atom stereocenters. The Morgan fingerprint density at radius 2 is 1.53 bits per heavy atom. The van der Waals surface area contributed by atoms with Gasteiger partial charge in [0.1, 0.15) is 11.6 Å². The van der Waals surface area contributed by atoms with Gasteiger partial charge in [0.2, 0.25) is 0 Å². The lowest BCUT2D eigenvalue weighted by molar-refractivity contribution is 0.475. The van der Waals surface area contributed by atoms with E-state index in [0.29, 0.717) is 5.75 Å². The Labute approximate surface area is 99.5 Å². The van der Waals surface area contributed by atoms with Gasteiger partial charge in [0, 0.05) is 10.9 Å². The van der Waals surface area contributed by atoms with Gasteiger partial charge in [0.05, 0.1) is 0 Å². The number of hydrogen-bond acceptors (Lipinski definition) is 2. The van der Waals surface area contributed by atoms with Crippen LogP contribution >= 0.6 is 0 Å². The molecule has 1 aromatic heterocycles. The first-order valence-corrected chi connectivity index (χ1v) is 5.33. The molecule has 1 heterocycles. The summed E-state index contributed by atoms with van der Waals surface area (Å²) in [6.45, 7) is 0. The fourth-order valence-electron chi connectivity index (χ4n) is 1.52. The summed E-state index contributed by atoms with van der Waals surface area (Å²) < 4.78 is 0. The number of para-hydroxylation sites is 2. The lowest BCUT2D eigenvalue weighted by Crippen LogP contribution is -1.80. The maximum atomic E-state index is 8.63. The molecule has 86 valence electrons. The molecule has 0 saturated heterocycles. The van der Waals surface area contributed by atoms with Gasteiger partial charge in [-0.3, -0.25) is 0 Å². The van der Waals surface area contributed by atoms with Gasteiger partial charge < -0.3 is 15.8 Å². The maximum Gasteiger partial charge on any atom is 0.115 e. The molecule has 0 aliphatic rings. The van der Waals surface area contributed by atoms with Crippen molar-refractivity contribution in [2.45, 2.75) is 0 Å². The van der Waals surface area contributed by atoms with Crippen LogP contribution in [0, 0.1) is 0 Å². The zero-order valence-electron chi connectivity index (χ0n) is 9.30. The van der Waals surface area contributed by atoms with Crippen molar-refractivity contribution in [1.82, 2.24) is 4.98 Å². The third-order valence-corrected chi connectivity index (χ3v) is 2.31. The van der Waals surface area contributed by atoms with Crippen LogP contribution < -0.4 is 5.73 Å². The molecule has 17 heavy (non-hydrogen) atoms. The molecular formula is C14H14N2O. The van der Waals surface area contributed by atoms with Crippen molar-refractivity contribution in [2.24, 2.45) is 0 Å². The normalized spacial score (nSPS) is 9.65. The van der Waals surface area contributed by atoms with Crippen molar-refractivity contribution in [3.63, 3.8) is 0 Å². The second-order valence-corrected chi connectivity index (χ2v) is 3.65. The van der Waals surface area contributed by atoms with Crippen molar-refractivity contribution in [2.75, 3.05) is 5.73 Å². The van der Waals surface area contributed by atoms with Crippen LogP contribution in [0.15, 0.2) is 60.7 Å². The van der Waals surface area contributed by atoms with E-state index in [-0.39, 0.29) is 0 Å². The Kier molecular flexibility index (Phi) is 3.31. The molecular weight excluding hydrogens is 212 g/mol. The predicted molar refractivity (Wildman–Crippen MR) is 70.8 cm³/mol. The Morgan fingerprint density at radius 3 is 2.12 bits per heavy atom. The number of H-pyrrole nitrogens is 1. The molecule has 0 radical (unpaired) electrons. The van der Waals surface area contributed by atoms with Crippen molar-refractivity contribution < 1.29 is 5.11 Å². The number of aromatic hydroxyl groups is 1. The van der Waals surface area contributed by atoms with Gasteiger partial charge in [-0.25, -0.2) is 0 Å². The monoisotopic (exact) mass is 226 g/mol. The van der Waals surface area contributed by atoms with E-state index in [1.807, 2.05) is 36.4 Å². The molecule has 0 atom stereocenters. The highest BCUT2D eigenvalue weighted by Crippen LogP contribution is 2.14. The first-order chi connectivity index (χ1) is 8.25. The zero-order chi connectivity index (χ0) is 12.1. The van der Waals surface area contributed by atoms with Crippen LogP contribution in [0.1, 0.15) is 0 Å². The van der Waals surface area contributed by atoms with Crippen LogP contribution in [-0.4, -0.2) is 10.1 Å². The number of rotatable bonds is 0. The lowest BCUT2D eigenvalue weighted by Gasteiger charge is -1.83. The number of aromatic amines is 1. The minimum atomic E-state index is 0.322. The second-order valence-electron chi connectivity index (χ2n) is 3.65. The van der Waals surface area contributed by atoms with E-state index >= 15 is 0 Å². The van der Waals surface area contributed by atoms with Gasteiger partial charge >= 0.3 is 0 Å². The average molecular weight is 226 g/mol. The Balaban J connectivity index is 0.000000136. The first kappa shape index (κ1) is 11.1. The fraction of sp³-hybridized carbons (Fsp3) is 0. The zero-order valence-corrected chi connectivity index (χ0v) is 9.30. The van der Waals surface area contributed by atoms with Gasteiger partial charge in [0.25, 0.3) is 0 Å². The molecule has 0 aliphatic heterocycles. The number of nitrogens with one attached hydrogen (secondary N) is 1. The summed E-state index contributed by atoms with van der Waals surface area (Å²) in [5, 5.41) is 9.80. The third kappa shape index (κ3) is 3.01. The highest BCUT2D eigenvalue weighted by atomic mass is 16.3. The maximum absolute atomic E-state index is 8.63. The van der Waals surface area contributed by atoms with E-state index in [1.54, 1.807) is 24.3 Å². The van der Waals surface area contributed by atoms with E-state index in [0.717, 1.165) is 11.3 Å². The van der Waals surface area contributed by atoms with Crippen molar-refractivity contribution in [3.8, 4) is 5.75 Å². The topological polar surface area (TPSA) is 62.0 Å². The Morgan fingerprint density at radius 1 is 0.882 bits per heavy atom. The minimum Gasteiger partial charge on any atom is -0.508 e. The standard InChI is InChI=1S/C8H8N2.C6H6O/c9-8-5-6-3-1-2-4-7(6)10-8;7-6-4-2-1-3-5-6/h1-5,10H,9H2;1-5,7H. The van der Waals surface area contributed by atoms with Gasteiger partial charge in [-0.2, -0.15) is 0 Å². The number of hydrogen-bond donors (Lipinski definition) is 3. The first-order valence-electron chi connectivity index (χ1n) is 5.33. The Bertz CT molecular complexity index is 554. The molecule has 4 N–H and O–H groups in total. The summed E-state index contributed by atoms with van der Waals surface area (Å²) in [6, 6.07) is 18.7. The molecule has 0 amide bonds. The molecule has 0 spiro atoms. The SMILES string of the molecule is Nc1cc2ccccc2[nH]1.Oc1ccccc1. The van der Waals surface area contributed by atoms with Crippen LogP contribution in [0.4, 0.5) is 5.82 Å². The molecule has 3 heteroatoms. The summed E-state index contributed by atoms with van der Waals surface area (Å²) in [4.78, 5) is 3.04. The summed E-state index contributed by atoms with van der Waals surface area (Å²) in [5.74, 6) is 1.05. The highest BCUT2D eigenvalue weighted by molar-refractivity contribution is 5.82. The molecule has 0 saturated carbocycles. The molecule has 3 rings (SSSR count). The molecule has 3 nitrogen and oxygen atoms in total. The van der Waals surface area contributed by atoms with Crippen LogP contribution in [0.5, 0.6) is 5.75 Å². The molecule has 2 aromatic carbocycles. The predicted octanol–water partition coefficient (Wildman–Crippen LogP) is 3.14.